The monoisotopic (exact) mass is 355 g/mol. The fourth-order valence-electron chi connectivity index (χ4n) is 3.56. The lowest BCUT2D eigenvalue weighted by atomic mass is 9.99. The van der Waals surface area contributed by atoms with Crippen molar-refractivity contribution in [2.24, 2.45) is 5.92 Å². The Bertz CT molecular complexity index is 520. The molecule has 3 rings (SSSR count). The SMILES string of the molecule is Cl.O=C(CCN1CCC(Cc2ccc(F)cc2)C1)N1CCNCC1. The first kappa shape index (κ1) is 19.2. The van der Waals surface area contributed by atoms with Crippen molar-refractivity contribution < 1.29 is 9.18 Å². The molecule has 2 heterocycles. The first-order valence-corrected chi connectivity index (χ1v) is 8.66. The van der Waals surface area contributed by atoms with Gasteiger partial charge in [0, 0.05) is 45.7 Å². The van der Waals surface area contributed by atoms with E-state index in [0.29, 0.717) is 12.3 Å². The van der Waals surface area contributed by atoms with E-state index in [9.17, 15) is 9.18 Å². The molecule has 1 aromatic carbocycles. The molecule has 134 valence electrons. The van der Waals surface area contributed by atoms with E-state index in [-0.39, 0.29) is 24.1 Å². The van der Waals surface area contributed by atoms with E-state index in [0.717, 1.165) is 52.2 Å². The summed E-state index contributed by atoms with van der Waals surface area (Å²) in [5, 5.41) is 3.27. The van der Waals surface area contributed by atoms with Gasteiger partial charge in [0.25, 0.3) is 0 Å². The molecule has 6 heteroatoms. The lowest BCUT2D eigenvalue weighted by Gasteiger charge is -2.28. The number of hydrogen-bond acceptors (Lipinski definition) is 3. The number of carbonyl (C=O) groups excluding carboxylic acids is 1. The second-order valence-electron chi connectivity index (χ2n) is 6.67. The molecular weight excluding hydrogens is 329 g/mol. The maximum absolute atomic E-state index is 12.9. The molecule has 0 aliphatic carbocycles. The lowest BCUT2D eigenvalue weighted by molar-refractivity contribution is -0.132. The molecule has 4 nitrogen and oxygen atoms in total. The van der Waals surface area contributed by atoms with Crippen molar-refractivity contribution in [3.8, 4) is 0 Å². The number of nitrogens with one attached hydrogen (secondary N) is 1. The van der Waals surface area contributed by atoms with Crippen LogP contribution in [0.2, 0.25) is 0 Å². The van der Waals surface area contributed by atoms with Gasteiger partial charge in [-0.15, -0.1) is 12.4 Å². The van der Waals surface area contributed by atoms with Gasteiger partial charge in [-0.1, -0.05) is 12.1 Å². The smallest absolute Gasteiger partial charge is 0.223 e. The summed E-state index contributed by atoms with van der Waals surface area (Å²) in [5.74, 6) is 0.733. The molecule has 1 N–H and O–H groups in total. The van der Waals surface area contributed by atoms with Crippen molar-refractivity contribution in [3.05, 3.63) is 35.6 Å². The topological polar surface area (TPSA) is 35.6 Å². The molecule has 0 bridgehead atoms. The molecule has 2 saturated heterocycles. The minimum absolute atomic E-state index is 0. The highest BCUT2D eigenvalue weighted by Crippen LogP contribution is 2.21. The van der Waals surface area contributed by atoms with Gasteiger partial charge in [0.15, 0.2) is 0 Å². The number of amides is 1. The molecule has 1 unspecified atom stereocenters. The molecule has 1 aromatic rings. The van der Waals surface area contributed by atoms with Crippen LogP contribution in [0.4, 0.5) is 4.39 Å². The minimum atomic E-state index is -0.173. The van der Waals surface area contributed by atoms with E-state index < -0.39 is 0 Å². The summed E-state index contributed by atoms with van der Waals surface area (Å²) >= 11 is 0. The number of piperazine rings is 1. The molecule has 2 aliphatic rings. The summed E-state index contributed by atoms with van der Waals surface area (Å²) in [6, 6.07) is 6.83. The number of nitrogens with zero attached hydrogens (tertiary/aromatic N) is 2. The highest BCUT2D eigenvalue weighted by Gasteiger charge is 2.24. The van der Waals surface area contributed by atoms with Crippen LogP contribution < -0.4 is 5.32 Å². The van der Waals surface area contributed by atoms with Gasteiger partial charge in [0.2, 0.25) is 5.91 Å². The van der Waals surface area contributed by atoms with Crippen LogP contribution in [0.1, 0.15) is 18.4 Å². The molecule has 2 fully saturated rings. The zero-order valence-electron chi connectivity index (χ0n) is 14.0. The van der Waals surface area contributed by atoms with Crippen LogP contribution in [-0.4, -0.2) is 61.5 Å². The molecule has 0 spiro atoms. The summed E-state index contributed by atoms with van der Waals surface area (Å²) in [7, 11) is 0. The van der Waals surface area contributed by atoms with E-state index in [1.807, 2.05) is 17.0 Å². The number of benzene rings is 1. The van der Waals surface area contributed by atoms with Crippen LogP contribution in [0.15, 0.2) is 24.3 Å². The van der Waals surface area contributed by atoms with Crippen LogP contribution in [0.3, 0.4) is 0 Å². The zero-order chi connectivity index (χ0) is 16.1. The average Bonchev–Trinajstić information content (AvgIpc) is 3.03. The first-order valence-electron chi connectivity index (χ1n) is 8.66. The van der Waals surface area contributed by atoms with Gasteiger partial charge in [-0.3, -0.25) is 4.79 Å². The van der Waals surface area contributed by atoms with Crippen molar-refractivity contribution >= 4 is 18.3 Å². The van der Waals surface area contributed by atoms with E-state index in [4.69, 9.17) is 0 Å². The summed E-state index contributed by atoms with van der Waals surface area (Å²) < 4.78 is 12.9. The highest BCUT2D eigenvalue weighted by atomic mass is 35.5. The van der Waals surface area contributed by atoms with Gasteiger partial charge in [-0.2, -0.15) is 0 Å². The summed E-state index contributed by atoms with van der Waals surface area (Å²) in [6.45, 7) is 6.48. The van der Waals surface area contributed by atoms with Gasteiger partial charge < -0.3 is 15.1 Å². The Labute approximate surface area is 149 Å². The quantitative estimate of drug-likeness (QED) is 0.876. The second-order valence-corrected chi connectivity index (χ2v) is 6.67. The maximum atomic E-state index is 12.9. The molecule has 2 aliphatic heterocycles. The third-order valence-corrected chi connectivity index (χ3v) is 4.92. The average molecular weight is 356 g/mol. The van der Waals surface area contributed by atoms with Gasteiger partial charge in [0.1, 0.15) is 5.82 Å². The largest absolute Gasteiger partial charge is 0.340 e. The zero-order valence-corrected chi connectivity index (χ0v) is 14.9. The number of halogens is 2. The van der Waals surface area contributed by atoms with E-state index >= 15 is 0 Å². The lowest BCUT2D eigenvalue weighted by Crippen LogP contribution is -2.47. The number of likely N-dealkylation sites (tertiary alicyclic amines) is 1. The minimum Gasteiger partial charge on any atom is -0.340 e. The summed E-state index contributed by atoms with van der Waals surface area (Å²) in [4.78, 5) is 16.6. The standard InChI is InChI=1S/C18H26FN3O.ClH/c19-17-3-1-15(2-4-17)13-16-5-9-21(14-16)10-6-18(23)22-11-7-20-8-12-22;/h1-4,16,20H,5-14H2;1H. The normalized spacial score (nSPS) is 21.5. The van der Waals surface area contributed by atoms with Crippen LogP contribution >= 0.6 is 12.4 Å². The molecular formula is C18H27ClFN3O. The number of rotatable bonds is 5. The van der Waals surface area contributed by atoms with Crippen molar-refractivity contribution in [2.75, 3.05) is 45.8 Å². The number of carbonyl (C=O) groups is 1. The third-order valence-electron chi connectivity index (χ3n) is 4.92. The van der Waals surface area contributed by atoms with Crippen LogP contribution in [0.25, 0.3) is 0 Å². The highest BCUT2D eigenvalue weighted by molar-refractivity contribution is 5.85. The van der Waals surface area contributed by atoms with Crippen LogP contribution in [0, 0.1) is 11.7 Å². The van der Waals surface area contributed by atoms with Crippen molar-refractivity contribution in [3.63, 3.8) is 0 Å². The fraction of sp³-hybridized carbons (Fsp3) is 0.611. The Morgan fingerprint density at radius 2 is 1.88 bits per heavy atom. The number of hydrogen-bond donors (Lipinski definition) is 1. The Morgan fingerprint density at radius 1 is 1.17 bits per heavy atom. The molecule has 1 amide bonds. The van der Waals surface area contributed by atoms with Crippen molar-refractivity contribution in [1.82, 2.24) is 15.1 Å². The maximum Gasteiger partial charge on any atom is 0.223 e. The molecule has 0 radical (unpaired) electrons. The van der Waals surface area contributed by atoms with E-state index in [1.165, 1.54) is 24.1 Å². The predicted molar refractivity (Wildman–Crippen MR) is 96.0 cm³/mol. The van der Waals surface area contributed by atoms with Gasteiger partial charge in [-0.05, 0) is 43.0 Å². The van der Waals surface area contributed by atoms with E-state index in [1.54, 1.807) is 0 Å². The summed E-state index contributed by atoms with van der Waals surface area (Å²) in [5.41, 5.74) is 1.20. The first-order chi connectivity index (χ1) is 11.2. The Kier molecular flexibility index (Phi) is 7.46. The third kappa shape index (κ3) is 5.43. The van der Waals surface area contributed by atoms with E-state index in [2.05, 4.69) is 10.2 Å². The Morgan fingerprint density at radius 3 is 2.58 bits per heavy atom. The molecule has 0 saturated carbocycles. The van der Waals surface area contributed by atoms with Crippen molar-refractivity contribution in [2.45, 2.75) is 19.3 Å². The van der Waals surface area contributed by atoms with Crippen molar-refractivity contribution in [1.29, 1.82) is 0 Å². The van der Waals surface area contributed by atoms with Gasteiger partial charge in [0.05, 0.1) is 0 Å². The van der Waals surface area contributed by atoms with Gasteiger partial charge in [-0.25, -0.2) is 4.39 Å². The van der Waals surface area contributed by atoms with Crippen LogP contribution in [-0.2, 0) is 11.2 Å². The predicted octanol–water partition coefficient (Wildman–Crippen LogP) is 1.93. The van der Waals surface area contributed by atoms with Crippen LogP contribution in [0.5, 0.6) is 0 Å². The molecule has 1 atom stereocenters. The molecule has 0 aromatic heterocycles. The summed E-state index contributed by atoms with van der Waals surface area (Å²) in [6.07, 6.45) is 2.80. The fourth-order valence-corrected chi connectivity index (χ4v) is 3.56. The second kappa shape index (κ2) is 9.35. The van der Waals surface area contributed by atoms with Gasteiger partial charge >= 0.3 is 0 Å². The molecule has 24 heavy (non-hydrogen) atoms. The Balaban J connectivity index is 0.00000208. The Hall–Kier alpha value is -1.17.